The van der Waals surface area contributed by atoms with E-state index in [0.717, 1.165) is 38.8 Å². The average molecular weight is 725 g/mol. The molecule has 1 amide bonds. The number of halogens is 2. The largest absolute Gasteiger partial charge is 0.490 e. The van der Waals surface area contributed by atoms with Crippen LogP contribution in [-0.4, -0.2) is 33.9 Å². The second-order valence-electron chi connectivity index (χ2n) is 11.6. The Morgan fingerprint density at radius 2 is 1.91 bits per heavy atom. The van der Waals surface area contributed by atoms with E-state index in [-0.39, 0.29) is 5.91 Å². The summed E-state index contributed by atoms with van der Waals surface area (Å²) in [5.74, 6) is 2.64. The average Bonchev–Trinajstić information content (AvgIpc) is 3.41. The smallest absolute Gasteiger partial charge is 0.255 e. The van der Waals surface area contributed by atoms with Crippen molar-refractivity contribution < 1.29 is 14.3 Å². The quantitative estimate of drug-likeness (QED) is 0.141. The first kappa shape index (κ1) is 33.9. The first-order valence-electron chi connectivity index (χ1n) is 15.3. The minimum atomic E-state index is -0.608. The van der Waals surface area contributed by atoms with E-state index in [2.05, 4.69) is 40.4 Å². The lowest BCUT2D eigenvalue weighted by Crippen LogP contribution is -2.31. The lowest BCUT2D eigenvalue weighted by Gasteiger charge is -2.29. The van der Waals surface area contributed by atoms with Gasteiger partial charge in [-0.25, -0.2) is 4.68 Å². The molecule has 4 aromatic rings. The third-order valence-corrected chi connectivity index (χ3v) is 9.68. The predicted octanol–water partition coefficient (Wildman–Crippen LogP) is 9.35. The van der Waals surface area contributed by atoms with Gasteiger partial charge in [-0.05, 0) is 102 Å². The zero-order valence-electron chi connectivity index (χ0n) is 26.9. The maximum Gasteiger partial charge on any atom is 0.255 e. The van der Waals surface area contributed by atoms with Crippen LogP contribution in [0.4, 0.5) is 11.6 Å². The van der Waals surface area contributed by atoms with Crippen molar-refractivity contribution in [3.05, 3.63) is 97.6 Å². The number of benzene rings is 3. The van der Waals surface area contributed by atoms with E-state index in [1.54, 1.807) is 4.68 Å². The number of hydrogen-bond acceptors (Lipinski definition) is 7. The molecule has 3 aromatic carbocycles. The second-order valence-corrected chi connectivity index (χ2v) is 13.8. The number of ether oxygens (including phenoxy) is 2. The van der Waals surface area contributed by atoms with Crippen molar-refractivity contribution in [2.24, 2.45) is 5.92 Å². The van der Waals surface area contributed by atoms with Gasteiger partial charge in [0.1, 0.15) is 6.04 Å². The number of carbonyl (C=O) groups is 1. The summed E-state index contributed by atoms with van der Waals surface area (Å²) in [6.45, 7) is 13.2. The van der Waals surface area contributed by atoms with E-state index in [0.29, 0.717) is 63.8 Å². The summed E-state index contributed by atoms with van der Waals surface area (Å²) >= 11 is 11.7. The lowest BCUT2D eigenvalue weighted by molar-refractivity contribution is -0.113. The van der Waals surface area contributed by atoms with Crippen LogP contribution in [0.3, 0.4) is 0 Å². The molecule has 0 saturated carbocycles. The molecule has 2 heterocycles. The highest BCUT2D eigenvalue weighted by atomic mass is 79.9. The monoisotopic (exact) mass is 723 g/mol. The molecule has 1 unspecified atom stereocenters. The predicted molar refractivity (Wildman–Crippen MR) is 190 cm³/mol. The van der Waals surface area contributed by atoms with Crippen LogP contribution in [0.1, 0.15) is 62.4 Å². The molecule has 0 spiro atoms. The summed E-state index contributed by atoms with van der Waals surface area (Å²) in [4.78, 5) is 19.0. The fraction of sp³-hybridized carbons (Fsp3) is 0.343. The van der Waals surface area contributed by atoms with E-state index < -0.39 is 6.04 Å². The van der Waals surface area contributed by atoms with Gasteiger partial charge in [0.2, 0.25) is 11.1 Å². The van der Waals surface area contributed by atoms with E-state index in [9.17, 15) is 4.79 Å². The molecule has 1 aliphatic heterocycles. The number of anilines is 2. The molecule has 8 nitrogen and oxygen atoms in total. The van der Waals surface area contributed by atoms with Crippen molar-refractivity contribution in [1.82, 2.24) is 14.8 Å². The molecule has 1 aromatic heterocycles. The van der Waals surface area contributed by atoms with Crippen molar-refractivity contribution in [1.29, 1.82) is 0 Å². The van der Waals surface area contributed by atoms with Gasteiger partial charge >= 0.3 is 0 Å². The number of nitrogens with zero attached hydrogens (tertiary/aromatic N) is 3. The van der Waals surface area contributed by atoms with Gasteiger partial charge in [-0.1, -0.05) is 67.5 Å². The van der Waals surface area contributed by atoms with Gasteiger partial charge in [-0.15, -0.1) is 5.10 Å². The number of amides is 1. The number of aryl methyl sites for hydroxylation is 1. The van der Waals surface area contributed by atoms with Crippen LogP contribution in [0.25, 0.3) is 0 Å². The maximum absolute atomic E-state index is 14.2. The van der Waals surface area contributed by atoms with Crippen molar-refractivity contribution in [3.63, 3.8) is 0 Å². The summed E-state index contributed by atoms with van der Waals surface area (Å²) in [6.07, 6.45) is 0.912. The molecule has 11 heteroatoms. The molecule has 0 saturated heterocycles. The Labute approximate surface area is 288 Å². The molecule has 0 radical (unpaired) electrons. The number of rotatable bonds is 12. The van der Waals surface area contributed by atoms with Crippen molar-refractivity contribution >= 4 is 56.8 Å². The summed E-state index contributed by atoms with van der Waals surface area (Å²) in [6, 6.07) is 16.9. The molecule has 46 heavy (non-hydrogen) atoms. The molecule has 2 N–H and O–H groups in total. The van der Waals surface area contributed by atoms with Gasteiger partial charge in [0.15, 0.2) is 11.5 Å². The zero-order valence-corrected chi connectivity index (χ0v) is 30.1. The van der Waals surface area contributed by atoms with Crippen molar-refractivity contribution in [3.8, 4) is 11.5 Å². The third-order valence-electron chi connectivity index (χ3n) is 7.83. The lowest BCUT2D eigenvalue weighted by atomic mass is 9.94. The molecule has 5 rings (SSSR count). The summed E-state index contributed by atoms with van der Waals surface area (Å²) in [5, 5.41) is 12.7. The highest BCUT2D eigenvalue weighted by molar-refractivity contribution is 9.10. The van der Waals surface area contributed by atoms with E-state index in [4.69, 9.17) is 31.2 Å². The SMILES string of the molecule is CCOc1cc(C2C(C(=O)Nc3cccc(C)c3C)=C(C)Nc3nc(SCc4ccccc4Cl)nn32)cc(Br)c1OCCC(C)C. The number of aromatic nitrogens is 3. The Morgan fingerprint density at radius 1 is 1.13 bits per heavy atom. The number of nitrogens with one attached hydrogen (secondary N) is 2. The number of fused-ring (bicyclic) bond motifs is 1. The van der Waals surface area contributed by atoms with Crippen LogP contribution in [0, 0.1) is 19.8 Å². The number of hydrogen-bond donors (Lipinski definition) is 2. The summed E-state index contributed by atoms with van der Waals surface area (Å²) in [5.41, 5.74) is 5.86. The van der Waals surface area contributed by atoms with Crippen LogP contribution in [0.5, 0.6) is 11.5 Å². The maximum atomic E-state index is 14.2. The molecular weight excluding hydrogens is 686 g/mol. The second kappa shape index (κ2) is 15.0. The van der Waals surface area contributed by atoms with Gasteiger partial charge in [-0.2, -0.15) is 4.98 Å². The highest BCUT2D eigenvalue weighted by Crippen LogP contribution is 2.44. The van der Waals surface area contributed by atoms with Crippen molar-refractivity contribution in [2.75, 3.05) is 23.8 Å². The number of allylic oxidation sites excluding steroid dienone is 1. The van der Waals surface area contributed by atoms with Gasteiger partial charge in [0.05, 0.1) is 23.3 Å². The Balaban J connectivity index is 1.57. The van der Waals surface area contributed by atoms with E-state index >= 15 is 0 Å². The standard InChI is InChI=1S/C35H39BrClN5O3S/c1-7-44-29-18-25(17-26(36)32(29)45-16-15-20(2)3)31-30(33(43)39-28-14-10-11-21(4)22(28)5)23(6)38-34-40-35(41-42(31)34)46-19-24-12-8-9-13-27(24)37/h8-14,17-18,20,31H,7,15-16,19H2,1-6H3,(H,39,43)(H,38,40,41). The van der Waals surface area contributed by atoms with Gasteiger partial charge in [0.25, 0.3) is 5.91 Å². The number of carbonyl (C=O) groups excluding carboxylic acids is 1. The van der Waals surface area contributed by atoms with Crippen LogP contribution in [-0.2, 0) is 10.5 Å². The zero-order chi connectivity index (χ0) is 33.0. The van der Waals surface area contributed by atoms with Crippen LogP contribution in [0.2, 0.25) is 5.02 Å². The number of thioether (sulfide) groups is 1. The van der Waals surface area contributed by atoms with Gasteiger partial charge in [0, 0.05) is 22.2 Å². The van der Waals surface area contributed by atoms with E-state index in [1.807, 2.05) is 82.3 Å². The molecule has 0 bridgehead atoms. The molecule has 0 aliphatic carbocycles. The minimum absolute atomic E-state index is 0.235. The Kier molecular flexibility index (Phi) is 11.0. The van der Waals surface area contributed by atoms with Crippen molar-refractivity contribution in [2.45, 2.75) is 64.9 Å². The van der Waals surface area contributed by atoms with Gasteiger partial charge < -0.3 is 20.1 Å². The van der Waals surface area contributed by atoms with E-state index in [1.165, 1.54) is 11.8 Å². The van der Waals surface area contributed by atoms with Crippen LogP contribution < -0.4 is 20.1 Å². The minimum Gasteiger partial charge on any atom is -0.490 e. The molecule has 1 aliphatic rings. The first-order chi connectivity index (χ1) is 22.1. The highest BCUT2D eigenvalue weighted by Gasteiger charge is 2.36. The fourth-order valence-electron chi connectivity index (χ4n) is 5.17. The molecule has 242 valence electrons. The Bertz CT molecular complexity index is 1770. The molecular formula is C35H39BrClN5O3S. The molecule has 0 fully saturated rings. The Morgan fingerprint density at radius 3 is 2.65 bits per heavy atom. The topological polar surface area (TPSA) is 90.3 Å². The first-order valence-corrected chi connectivity index (χ1v) is 17.5. The summed E-state index contributed by atoms with van der Waals surface area (Å²) in [7, 11) is 0. The van der Waals surface area contributed by atoms with Crippen LogP contribution >= 0.6 is 39.3 Å². The fourth-order valence-corrected chi connectivity index (χ4v) is 6.86. The Hall–Kier alpha value is -3.47. The molecule has 1 atom stereocenters. The van der Waals surface area contributed by atoms with Gasteiger partial charge in [-0.3, -0.25) is 4.79 Å². The summed E-state index contributed by atoms with van der Waals surface area (Å²) < 4.78 is 14.8. The third kappa shape index (κ3) is 7.56. The normalized spacial score (nSPS) is 14.2. The van der Waals surface area contributed by atoms with Crippen LogP contribution in [0.15, 0.2) is 75.5 Å².